The Morgan fingerprint density at radius 2 is 1.57 bits per heavy atom. The third kappa shape index (κ3) is 7.67. The van der Waals surface area contributed by atoms with Crippen LogP contribution in [0.5, 0.6) is 11.5 Å². The Bertz CT molecular complexity index is 489. The van der Waals surface area contributed by atoms with Crippen LogP contribution in [-0.4, -0.2) is 32.3 Å². The van der Waals surface area contributed by atoms with E-state index in [1.807, 2.05) is 18.2 Å². The highest BCUT2D eigenvalue weighted by Gasteiger charge is 2.08. The second-order valence-corrected chi connectivity index (χ2v) is 5.28. The average Bonchev–Trinajstić information content (AvgIpc) is 2.53. The van der Waals surface area contributed by atoms with Crippen LogP contribution in [0, 0.1) is 0 Å². The van der Waals surface area contributed by atoms with Crippen LogP contribution in [0.15, 0.2) is 30.4 Å². The summed E-state index contributed by atoms with van der Waals surface area (Å²) in [6.07, 6.45) is 1.76. The molecule has 6 nitrogen and oxygen atoms in total. The lowest BCUT2D eigenvalue weighted by atomic mass is 10.2. The van der Waals surface area contributed by atoms with Crippen molar-refractivity contribution in [1.29, 1.82) is 0 Å². The maximum atomic E-state index is 11.5. The maximum Gasteiger partial charge on any atom is 0.333 e. The smallest absolute Gasteiger partial charge is 0.333 e. The van der Waals surface area contributed by atoms with Gasteiger partial charge in [0, 0.05) is 24.5 Å². The molecule has 0 heterocycles. The van der Waals surface area contributed by atoms with E-state index >= 15 is 0 Å². The molecule has 23 heavy (non-hydrogen) atoms. The van der Waals surface area contributed by atoms with Crippen molar-refractivity contribution >= 4 is 5.97 Å². The minimum Gasteiger partial charge on any atom is -0.493 e. The minimum absolute atomic E-state index is 0.157. The predicted octanol–water partition coefficient (Wildman–Crippen LogP) is 0.328. The summed E-state index contributed by atoms with van der Waals surface area (Å²) in [5.74, 6) is 0.992. The van der Waals surface area contributed by atoms with Crippen LogP contribution >= 0.6 is 0 Å². The predicted molar refractivity (Wildman–Crippen MR) is 86.8 cm³/mol. The van der Waals surface area contributed by atoms with Gasteiger partial charge >= 0.3 is 5.97 Å². The lowest BCUT2D eigenvalue weighted by Gasteiger charge is -2.12. The summed E-state index contributed by atoms with van der Waals surface area (Å²) in [7, 11) is 0. The molecular formula is C17H28N2O4+2. The summed E-state index contributed by atoms with van der Waals surface area (Å²) in [6, 6.07) is 5.54. The molecule has 0 radical (unpaired) electrons. The SMILES string of the molecule is C=C(C)C(=O)OCc1cc(OCCC[NH3+])cc(OCCC[NH3+])c1. The molecule has 0 amide bonds. The first kappa shape index (κ1) is 19.0. The van der Waals surface area contributed by atoms with Crippen LogP contribution in [0.4, 0.5) is 0 Å². The van der Waals surface area contributed by atoms with Crippen molar-refractivity contribution < 1.29 is 30.5 Å². The number of rotatable bonds is 11. The second-order valence-electron chi connectivity index (χ2n) is 5.28. The number of hydrogen-bond acceptors (Lipinski definition) is 4. The van der Waals surface area contributed by atoms with Gasteiger partial charge in [-0.05, 0) is 24.6 Å². The Balaban J connectivity index is 2.75. The fourth-order valence-electron chi connectivity index (χ4n) is 1.74. The van der Waals surface area contributed by atoms with E-state index in [2.05, 4.69) is 18.0 Å². The number of quaternary nitrogens is 2. The Hall–Kier alpha value is -2.05. The van der Waals surface area contributed by atoms with Gasteiger partial charge in [0.05, 0.1) is 26.3 Å². The molecule has 1 rings (SSSR count). The molecule has 0 aromatic heterocycles. The maximum absolute atomic E-state index is 11.5. The molecule has 0 bridgehead atoms. The van der Waals surface area contributed by atoms with Crippen molar-refractivity contribution in [2.75, 3.05) is 26.3 Å². The fourth-order valence-corrected chi connectivity index (χ4v) is 1.74. The Labute approximate surface area is 137 Å². The van der Waals surface area contributed by atoms with Gasteiger partial charge in [0.2, 0.25) is 0 Å². The molecule has 1 aromatic carbocycles. The summed E-state index contributed by atoms with van der Waals surface area (Å²) in [6.45, 7) is 8.17. The minimum atomic E-state index is -0.409. The molecule has 1 aromatic rings. The van der Waals surface area contributed by atoms with Crippen LogP contribution < -0.4 is 20.9 Å². The molecule has 128 valence electrons. The van der Waals surface area contributed by atoms with Crippen LogP contribution in [0.1, 0.15) is 25.3 Å². The largest absolute Gasteiger partial charge is 0.493 e. The lowest BCUT2D eigenvalue weighted by Crippen LogP contribution is -2.50. The van der Waals surface area contributed by atoms with Crippen molar-refractivity contribution in [2.45, 2.75) is 26.4 Å². The molecule has 0 aliphatic carbocycles. The summed E-state index contributed by atoms with van der Waals surface area (Å²) >= 11 is 0. The monoisotopic (exact) mass is 324 g/mol. The first-order chi connectivity index (χ1) is 11.1. The van der Waals surface area contributed by atoms with Crippen LogP contribution in [-0.2, 0) is 16.1 Å². The summed E-state index contributed by atoms with van der Waals surface area (Å²) in [5, 5.41) is 0. The van der Waals surface area contributed by atoms with E-state index in [1.54, 1.807) is 6.92 Å². The first-order valence-electron chi connectivity index (χ1n) is 7.87. The first-order valence-corrected chi connectivity index (χ1v) is 7.87. The van der Waals surface area contributed by atoms with Gasteiger partial charge in [-0.15, -0.1) is 0 Å². The van der Waals surface area contributed by atoms with Crippen molar-refractivity contribution in [3.05, 3.63) is 35.9 Å². The third-order valence-electron chi connectivity index (χ3n) is 2.98. The standard InChI is InChI=1S/C17H26N2O4/c1-13(2)17(20)23-12-14-9-15(21-7-3-5-18)11-16(10-14)22-8-4-6-19/h9-11H,1,3-8,12,18-19H2,2H3/p+2. The number of carbonyl (C=O) groups is 1. The molecule has 0 aliphatic rings. The molecule has 0 aliphatic heterocycles. The zero-order valence-electron chi connectivity index (χ0n) is 13.9. The van der Waals surface area contributed by atoms with Gasteiger partial charge < -0.3 is 25.7 Å². The molecule has 0 spiro atoms. The molecule has 0 unspecified atom stereocenters. The van der Waals surface area contributed by atoms with Crippen LogP contribution in [0.25, 0.3) is 0 Å². The average molecular weight is 324 g/mol. The highest BCUT2D eigenvalue weighted by molar-refractivity contribution is 5.86. The van der Waals surface area contributed by atoms with Gasteiger partial charge in [-0.2, -0.15) is 0 Å². The van der Waals surface area contributed by atoms with Gasteiger partial charge in [-0.25, -0.2) is 4.79 Å². The Morgan fingerprint density at radius 1 is 1.04 bits per heavy atom. The van der Waals surface area contributed by atoms with Gasteiger partial charge in [0.15, 0.2) is 0 Å². The summed E-state index contributed by atoms with van der Waals surface area (Å²) in [4.78, 5) is 11.5. The van der Waals surface area contributed by atoms with Crippen LogP contribution in [0.3, 0.4) is 0 Å². The molecule has 0 saturated heterocycles. The molecular weight excluding hydrogens is 296 g/mol. The van der Waals surface area contributed by atoms with Gasteiger partial charge in [-0.3, -0.25) is 0 Å². The number of esters is 1. The lowest BCUT2D eigenvalue weighted by molar-refractivity contribution is -0.369. The van der Waals surface area contributed by atoms with E-state index in [0.717, 1.165) is 31.5 Å². The van der Waals surface area contributed by atoms with Gasteiger partial charge in [-0.1, -0.05) is 6.58 Å². The van der Waals surface area contributed by atoms with Crippen molar-refractivity contribution in [1.82, 2.24) is 0 Å². The molecule has 0 fully saturated rings. The van der Waals surface area contributed by atoms with Crippen molar-refractivity contribution in [3.8, 4) is 11.5 Å². The van der Waals surface area contributed by atoms with E-state index in [1.165, 1.54) is 0 Å². The normalized spacial score (nSPS) is 10.2. The zero-order chi connectivity index (χ0) is 17.1. The molecule has 0 atom stereocenters. The Morgan fingerprint density at radius 3 is 2.00 bits per heavy atom. The third-order valence-corrected chi connectivity index (χ3v) is 2.98. The van der Waals surface area contributed by atoms with Crippen molar-refractivity contribution in [2.24, 2.45) is 0 Å². The van der Waals surface area contributed by atoms with E-state index < -0.39 is 5.97 Å². The topological polar surface area (TPSA) is 100 Å². The molecule has 0 saturated carbocycles. The van der Waals surface area contributed by atoms with Crippen molar-refractivity contribution in [3.63, 3.8) is 0 Å². The number of carbonyl (C=O) groups excluding carboxylic acids is 1. The summed E-state index contributed by atoms with van der Waals surface area (Å²) in [5.41, 5.74) is 8.77. The van der Waals surface area contributed by atoms with E-state index in [0.29, 0.717) is 30.3 Å². The van der Waals surface area contributed by atoms with E-state index in [4.69, 9.17) is 14.2 Å². The number of benzene rings is 1. The number of ether oxygens (including phenoxy) is 3. The zero-order valence-corrected chi connectivity index (χ0v) is 13.9. The van der Waals surface area contributed by atoms with E-state index in [9.17, 15) is 4.79 Å². The quantitative estimate of drug-likeness (QED) is 0.348. The molecule has 6 N–H and O–H groups in total. The number of hydrogen-bond donors (Lipinski definition) is 2. The van der Waals surface area contributed by atoms with Gasteiger partial charge in [0.1, 0.15) is 18.1 Å². The summed E-state index contributed by atoms with van der Waals surface area (Å²) < 4.78 is 16.6. The Kier molecular flexibility index (Phi) is 8.79. The van der Waals surface area contributed by atoms with E-state index in [-0.39, 0.29) is 6.61 Å². The second kappa shape index (κ2) is 10.6. The highest BCUT2D eigenvalue weighted by Crippen LogP contribution is 2.24. The fraction of sp³-hybridized carbons (Fsp3) is 0.471. The molecule has 6 heteroatoms. The van der Waals surface area contributed by atoms with Gasteiger partial charge in [0.25, 0.3) is 0 Å². The highest BCUT2D eigenvalue weighted by atomic mass is 16.5. The van der Waals surface area contributed by atoms with Crippen LogP contribution in [0.2, 0.25) is 0 Å².